The summed E-state index contributed by atoms with van der Waals surface area (Å²) in [5.74, 6) is -1.30. The first-order chi connectivity index (χ1) is 9.00. The Morgan fingerprint density at radius 3 is 2.84 bits per heavy atom. The molecule has 1 saturated heterocycles. The Balaban J connectivity index is 2.28. The number of benzene rings is 1. The molecule has 0 bridgehead atoms. The minimum Gasteiger partial charge on any atom is -0.480 e. The lowest BCUT2D eigenvalue weighted by Crippen LogP contribution is -2.52. The molecule has 2 rings (SSSR count). The summed E-state index contributed by atoms with van der Waals surface area (Å²) in [6.07, 6.45) is 0. The van der Waals surface area contributed by atoms with Crippen LogP contribution in [0.25, 0.3) is 0 Å². The molecule has 1 fully saturated rings. The van der Waals surface area contributed by atoms with Crippen LogP contribution in [0.2, 0.25) is 0 Å². The second-order valence-electron chi connectivity index (χ2n) is 4.39. The Labute approximate surface area is 119 Å². The number of morpholine rings is 1. The van der Waals surface area contributed by atoms with E-state index in [4.69, 9.17) is 9.84 Å². The normalized spacial score (nSPS) is 19.3. The summed E-state index contributed by atoms with van der Waals surface area (Å²) in [6.45, 7) is 2.53. The van der Waals surface area contributed by atoms with Gasteiger partial charge in [-0.25, -0.2) is 4.79 Å². The number of aryl methyl sites for hydroxylation is 1. The Bertz CT molecular complexity index is 517. The van der Waals surface area contributed by atoms with Crippen molar-refractivity contribution in [1.82, 2.24) is 4.90 Å². The predicted molar refractivity (Wildman–Crippen MR) is 72.2 cm³/mol. The molecular weight excluding hydrogens is 314 g/mol. The fourth-order valence-electron chi connectivity index (χ4n) is 2.07. The Morgan fingerprint density at radius 1 is 1.47 bits per heavy atom. The van der Waals surface area contributed by atoms with E-state index in [0.717, 1.165) is 10.0 Å². The summed E-state index contributed by atoms with van der Waals surface area (Å²) in [7, 11) is 0. The number of halogens is 1. The molecule has 0 aromatic heterocycles. The molecule has 0 unspecified atom stereocenters. The lowest BCUT2D eigenvalue weighted by molar-refractivity contribution is -0.147. The van der Waals surface area contributed by atoms with E-state index in [2.05, 4.69) is 15.9 Å². The highest BCUT2D eigenvalue weighted by atomic mass is 79.9. The van der Waals surface area contributed by atoms with Crippen LogP contribution in [0.4, 0.5) is 0 Å². The molecule has 1 amide bonds. The molecular formula is C13H14BrNO4. The third-order valence-corrected chi connectivity index (χ3v) is 3.59. The van der Waals surface area contributed by atoms with Gasteiger partial charge in [0.2, 0.25) is 0 Å². The quantitative estimate of drug-likeness (QED) is 0.897. The van der Waals surface area contributed by atoms with E-state index in [1.807, 2.05) is 13.0 Å². The van der Waals surface area contributed by atoms with Crippen molar-refractivity contribution in [2.24, 2.45) is 0 Å². The average molecular weight is 328 g/mol. The monoisotopic (exact) mass is 327 g/mol. The first-order valence-corrected chi connectivity index (χ1v) is 6.67. The number of carboxylic acids is 1. The van der Waals surface area contributed by atoms with Crippen molar-refractivity contribution in [2.45, 2.75) is 13.0 Å². The zero-order valence-corrected chi connectivity index (χ0v) is 12.0. The molecule has 1 atom stereocenters. The molecule has 0 radical (unpaired) electrons. The molecule has 19 heavy (non-hydrogen) atoms. The molecule has 1 aliphatic heterocycles. The largest absolute Gasteiger partial charge is 0.480 e. The SMILES string of the molecule is Cc1cc(Br)ccc1C(=O)N1CCOC[C@H]1C(=O)O. The molecule has 102 valence electrons. The van der Waals surface area contributed by atoms with E-state index in [-0.39, 0.29) is 12.5 Å². The fourth-order valence-corrected chi connectivity index (χ4v) is 2.55. The number of carboxylic acid groups (broad SMARTS) is 1. The molecule has 0 spiro atoms. The van der Waals surface area contributed by atoms with Crippen molar-refractivity contribution in [3.63, 3.8) is 0 Å². The van der Waals surface area contributed by atoms with Gasteiger partial charge in [-0.2, -0.15) is 0 Å². The smallest absolute Gasteiger partial charge is 0.328 e. The molecule has 0 saturated carbocycles. The summed E-state index contributed by atoms with van der Waals surface area (Å²) in [6, 6.07) is 4.40. The number of aliphatic carboxylic acids is 1. The number of nitrogens with zero attached hydrogens (tertiary/aromatic N) is 1. The molecule has 6 heteroatoms. The first kappa shape index (κ1) is 14.0. The Morgan fingerprint density at radius 2 is 2.21 bits per heavy atom. The van der Waals surface area contributed by atoms with Gasteiger partial charge in [0.1, 0.15) is 0 Å². The van der Waals surface area contributed by atoms with Crippen LogP contribution >= 0.6 is 15.9 Å². The van der Waals surface area contributed by atoms with Crippen molar-refractivity contribution in [3.05, 3.63) is 33.8 Å². The standard InChI is InChI=1S/C13H14BrNO4/c1-8-6-9(14)2-3-10(8)12(16)15-4-5-19-7-11(15)13(17)18/h2-3,6,11H,4-5,7H2,1H3,(H,17,18)/t11-/m0/s1. The Hall–Kier alpha value is -1.40. The van der Waals surface area contributed by atoms with Crippen molar-refractivity contribution < 1.29 is 19.4 Å². The van der Waals surface area contributed by atoms with Gasteiger partial charge in [-0.3, -0.25) is 4.79 Å². The van der Waals surface area contributed by atoms with Gasteiger partial charge in [-0.05, 0) is 30.7 Å². The van der Waals surface area contributed by atoms with Crippen LogP contribution < -0.4 is 0 Å². The zero-order chi connectivity index (χ0) is 14.0. The van der Waals surface area contributed by atoms with Crippen molar-refractivity contribution in [2.75, 3.05) is 19.8 Å². The number of amides is 1. The number of ether oxygens (including phenoxy) is 1. The number of carbonyl (C=O) groups is 2. The van der Waals surface area contributed by atoms with Crippen molar-refractivity contribution in [3.8, 4) is 0 Å². The van der Waals surface area contributed by atoms with E-state index in [0.29, 0.717) is 18.7 Å². The van der Waals surface area contributed by atoms with Crippen LogP contribution in [-0.2, 0) is 9.53 Å². The van der Waals surface area contributed by atoms with Crippen LogP contribution in [0.15, 0.2) is 22.7 Å². The van der Waals surface area contributed by atoms with Gasteiger partial charge >= 0.3 is 5.97 Å². The van der Waals surface area contributed by atoms with E-state index in [1.165, 1.54) is 4.90 Å². The topological polar surface area (TPSA) is 66.8 Å². The third-order valence-electron chi connectivity index (χ3n) is 3.09. The number of carbonyl (C=O) groups excluding carboxylic acids is 1. The molecule has 5 nitrogen and oxygen atoms in total. The van der Waals surface area contributed by atoms with E-state index in [1.54, 1.807) is 12.1 Å². The van der Waals surface area contributed by atoms with Crippen LogP contribution in [0.5, 0.6) is 0 Å². The minimum absolute atomic E-state index is 0.0383. The zero-order valence-electron chi connectivity index (χ0n) is 10.4. The summed E-state index contributed by atoms with van der Waals surface area (Å²) in [5, 5.41) is 9.14. The second-order valence-corrected chi connectivity index (χ2v) is 5.30. The molecule has 1 aromatic carbocycles. The maximum Gasteiger partial charge on any atom is 0.328 e. The number of hydrogen-bond acceptors (Lipinski definition) is 3. The van der Waals surface area contributed by atoms with Crippen LogP contribution in [0.3, 0.4) is 0 Å². The van der Waals surface area contributed by atoms with Gasteiger partial charge in [0.15, 0.2) is 6.04 Å². The van der Waals surface area contributed by atoms with Gasteiger partial charge in [0, 0.05) is 16.6 Å². The molecule has 0 aliphatic carbocycles. The lowest BCUT2D eigenvalue weighted by atomic mass is 10.1. The van der Waals surface area contributed by atoms with Crippen LogP contribution in [0, 0.1) is 6.92 Å². The molecule has 1 heterocycles. The highest BCUT2D eigenvalue weighted by molar-refractivity contribution is 9.10. The summed E-state index contributed by atoms with van der Waals surface area (Å²) >= 11 is 3.34. The molecule has 1 N–H and O–H groups in total. The van der Waals surface area contributed by atoms with Crippen LogP contribution in [-0.4, -0.2) is 47.7 Å². The Kier molecular flexibility index (Phi) is 4.21. The van der Waals surface area contributed by atoms with E-state index in [9.17, 15) is 9.59 Å². The summed E-state index contributed by atoms with van der Waals surface area (Å²) < 4.78 is 6.01. The predicted octanol–water partition coefficient (Wildman–Crippen LogP) is 1.68. The maximum absolute atomic E-state index is 12.4. The molecule has 1 aromatic rings. The highest BCUT2D eigenvalue weighted by Crippen LogP contribution is 2.19. The van der Waals surface area contributed by atoms with E-state index < -0.39 is 12.0 Å². The van der Waals surface area contributed by atoms with Gasteiger partial charge < -0.3 is 14.7 Å². The van der Waals surface area contributed by atoms with Crippen molar-refractivity contribution >= 4 is 27.8 Å². The number of hydrogen-bond donors (Lipinski definition) is 1. The van der Waals surface area contributed by atoms with Gasteiger partial charge in [0.25, 0.3) is 5.91 Å². The summed E-state index contributed by atoms with van der Waals surface area (Å²) in [4.78, 5) is 25.0. The van der Waals surface area contributed by atoms with Gasteiger partial charge in [0.05, 0.1) is 13.2 Å². The van der Waals surface area contributed by atoms with Gasteiger partial charge in [-0.1, -0.05) is 15.9 Å². The molecule has 1 aliphatic rings. The number of rotatable bonds is 2. The fraction of sp³-hybridized carbons (Fsp3) is 0.385. The van der Waals surface area contributed by atoms with Crippen molar-refractivity contribution in [1.29, 1.82) is 0 Å². The van der Waals surface area contributed by atoms with E-state index >= 15 is 0 Å². The third kappa shape index (κ3) is 2.96. The summed E-state index contributed by atoms with van der Waals surface area (Å²) in [5.41, 5.74) is 1.34. The second kappa shape index (κ2) is 5.71. The maximum atomic E-state index is 12.4. The van der Waals surface area contributed by atoms with Gasteiger partial charge in [-0.15, -0.1) is 0 Å². The minimum atomic E-state index is -1.04. The first-order valence-electron chi connectivity index (χ1n) is 5.88. The lowest BCUT2D eigenvalue weighted by Gasteiger charge is -2.33. The average Bonchev–Trinajstić information content (AvgIpc) is 2.38. The van der Waals surface area contributed by atoms with Crippen LogP contribution in [0.1, 0.15) is 15.9 Å². The highest BCUT2D eigenvalue weighted by Gasteiger charge is 2.33.